The van der Waals surface area contributed by atoms with Crippen LogP contribution >= 0.6 is 0 Å². The van der Waals surface area contributed by atoms with Crippen LogP contribution in [0.3, 0.4) is 0 Å². The molecule has 0 aliphatic rings. The number of terminal acetylenes is 1. The van der Waals surface area contributed by atoms with Gasteiger partial charge in [0.05, 0.1) is 18.8 Å². The van der Waals surface area contributed by atoms with Crippen molar-refractivity contribution in [3.05, 3.63) is 106 Å². The van der Waals surface area contributed by atoms with Crippen LogP contribution < -0.4 is 10.6 Å². The highest BCUT2D eigenvalue weighted by atomic mass is 19.1. The summed E-state index contributed by atoms with van der Waals surface area (Å²) in [7, 11) is 0. The maximum absolute atomic E-state index is 13.3. The fourth-order valence-electron chi connectivity index (χ4n) is 3.62. The van der Waals surface area contributed by atoms with Crippen LogP contribution in [0.15, 0.2) is 72.8 Å². The minimum atomic E-state index is -1.04. The molecule has 0 aromatic heterocycles. The van der Waals surface area contributed by atoms with Crippen molar-refractivity contribution in [2.24, 2.45) is 0 Å². The Bertz CT molecular complexity index is 1300. The van der Waals surface area contributed by atoms with Gasteiger partial charge in [0.1, 0.15) is 17.9 Å². The Morgan fingerprint density at radius 2 is 1.68 bits per heavy atom. The Kier molecular flexibility index (Phi) is 9.53. The number of nitrogens with one attached hydrogen (secondary N) is 2. The topological polar surface area (TPSA) is 105 Å². The Morgan fingerprint density at radius 1 is 0.973 bits per heavy atom. The SMILES string of the molecule is C#C[C@H](COCc1cccc(C(=O)O)c1)NC(=O)[C@H](Cc1cccc(C)c1)NC(=O)c1ccc(F)cc1. The molecule has 3 N–H and O–H groups in total. The lowest BCUT2D eigenvalue weighted by Crippen LogP contribution is -2.51. The van der Waals surface area contributed by atoms with Gasteiger partial charge in [0.2, 0.25) is 5.91 Å². The standard InChI is InChI=1S/C29H27FN2O5/c1-3-25(18-37-17-21-8-5-9-23(15-21)29(35)36)31-28(34)26(16-20-7-4-6-19(2)14-20)32-27(33)22-10-12-24(30)13-11-22/h1,4-15,25-26H,16-18H2,2H3,(H,31,34)(H,32,33)(H,35,36)/t25-,26+/m1/s1. The molecule has 0 aliphatic carbocycles. The third-order valence-electron chi connectivity index (χ3n) is 5.50. The number of benzene rings is 3. The van der Waals surface area contributed by atoms with E-state index in [-0.39, 0.29) is 30.8 Å². The Morgan fingerprint density at radius 3 is 2.35 bits per heavy atom. The lowest BCUT2D eigenvalue weighted by Gasteiger charge is -2.21. The van der Waals surface area contributed by atoms with Gasteiger partial charge in [-0.25, -0.2) is 9.18 Å². The number of carboxylic acids is 1. The van der Waals surface area contributed by atoms with Crippen LogP contribution in [0, 0.1) is 25.1 Å². The number of halogens is 1. The molecular formula is C29H27FN2O5. The lowest BCUT2D eigenvalue weighted by atomic mass is 10.0. The maximum Gasteiger partial charge on any atom is 0.335 e. The molecule has 2 amide bonds. The zero-order valence-electron chi connectivity index (χ0n) is 20.2. The van der Waals surface area contributed by atoms with E-state index in [1.54, 1.807) is 12.1 Å². The molecule has 7 nitrogen and oxygen atoms in total. The van der Waals surface area contributed by atoms with Gasteiger partial charge in [0, 0.05) is 12.0 Å². The van der Waals surface area contributed by atoms with Crippen LogP contribution in [0.25, 0.3) is 0 Å². The first-order valence-corrected chi connectivity index (χ1v) is 11.5. The first-order valence-electron chi connectivity index (χ1n) is 11.5. The predicted octanol–water partition coefficient (Wildman–Crippen LogP) is 3.51. The van der Waals surface area contributed by atoms with E-state index in [4.69, 9.17) is 16.3 Å². The van der Waals surface area contributed by atoms with Crippen molar-refractivity contribution < 1.29 is 28.6 Å². The zero-order chi connectivity index (χ0) is 26.8. The second-order valence-corrected chi connectivity index (χ2v) is 8.47. The lowest BCUT2D eigenvalue weighted by molar-refractivity contribution is -0.123. The van der Waals surface area contributed by atoms with Crippen molar-refractivity contribution >= 4 is 17.8 Å². The smallest absolute Gasteiger partial charge is 0.335 e. The largest absolute Gasteiger partial charge is 0.478 e. The van der Waals surface area contributed by atoms with Crippen LogP contribution in [-0.4, -0.2) is 41.6 Å². The molecule has 3 rings (SSSR count). The number of rotatable bonds is 11. The molecule has 0 unspecified atom stereocenters. The molecule has 0 saturated carbocycles. The first-order chi connectivity index (χ1) is 17.7. The number of carboxylic acid groups (broad SMARTS) is 1. The van der Waals surface area contributed by atoms with E-state index in [2.05, 4.69) is 16.6 Å². The van der Waals surface area contributed by atoms with Gasteiger partial charge >= 0.3 is 5.97 Å². The van der Waals surface area contributed by atoms with Crippen molar-refractivity contribution in [1.29, 1.82) is 0 Å². The van der Waals surface area contributed by atoms with Gasteiger partial charge in [-0.15, -0.1) is 6.42 Å². The Hall–Kier alpha value is -4.48. The summed E-state index contributed by atoms with van der Waals surface area (Å²) in [4.78, 5) is 37.1. The summed E-state index contributed by atoms with van der Waals surface area (Å²) in [6.45, 7) is 2.00. The van der Waals surface area contributed by atoms with Gasteiger partial charge in [-0.3, -0.25) is 9.59 Å². The zero-order valence-corrected chi connectivity index (χ0v) is 20.2. The number of aromatic carboxylic acids is 1. The third-order valence-corrected chi connectivity index (χ3v) is 5.50. The normalized spacial score (nSPS) is 12.1. The monoisotopic (exact) mass is 502 g/mol. The highest BCUT2D eigenvalue weighted by Crippen LogP contribution is 2.10. The highest BCUT2D eigenvalue weighted by Gasteiger charge is 2.24. The number of ether oxygens (including phenoxy) is 1. The molecule has 3 aromatic rings. The van der Waals surface area contributed by atoms with E-state index < -0.39 is 35.7 Å². The molecule has 0 spiro atoms. The Labute approximate surface area is 214 Å². The minimum absolute atomic E-state index is 0.0252. The number of hydrogen-bond donors (Lipinski definition) is 3. The summed E-state index contributed by atoms with van der Waals surface area (Å²) in [5.41, 5.74) is 2.84. The van der Waals surface area contributed by atoms with Gasteiger partial charge in [0.15, 0.2) is 0 Å². The fraction of sp³-hybridized carbons (Fsp3) is 0.207. The van der Waals surface area contributed by atoms with Crippen LogP contribution in [0.4, 0.5) is 4.39 Å². The van der Waals surface area contributed by atoms with Gasteiger partial charge in [-0.2, -0.15) is 0 Å². The molecule has 37 heavy (non-hydrogen) atoms. The molecule has 190 valence electrons. The molecule has 0 fully saturated rings. The Balaban J connectivity index is 1.66. The number of carbonyl (C=O) groups is 3. The summed E-state index contributed by atoms with van der Waals surface area (Å²) in [5, 5.41) is 14.5. The van der Waals surface area contributed by atoms with Crippen molar-refractivity contribution in [3.63, 3.8) is 0 Å². The summed E-state index contributed by atoms with van der Waals surface area (Å²) < 4.78 is 18.9. The van der Waals surface area contributed by atoms with Crippen LogP contribution in [0.2, 0.25) is 0 Å². The average molecular weight is 503 g/mol. The minimum Gasteiger partial charge on any atom is -0.478 e. The van der Waals surface area contributed by atoms with Crippen molar-refractivity contribution in [1.82, 2.24) is 10.6 Å². The highest BCUT2D eigenvalue weighted by molar-refractivity contribution is 5.97. The first kappa shape index (κ1) is 27.1. The van der Waals surface area contributed by atoms with Crippen molar-refractivity contribution in [2.45, 2.75) is 32.0 Å². The predicted molar refractivity (Wildman–Crippen MR) is 136 cm³/mol. The fourth-order valence-corrected chi connectivity index (χ4v) is 3.62. The molecule has 0 bridgehead atoms. The summed E-state index contributed by atoms with van der Waals surface area (Å²) in [6, 6.07) is 17.1. The molecule has 0 radical (unpaired) electrons. The average Bonchev–Trinajstić information content (AvgIpc) is 2.88. The van der Waals surface area contributed by atoms with Gasteiger partial charge < -0.3 is 20.5 Å². The van der Waals surface area contributed by atoms with E-state index in [0.29, 0.717) is 5.56 Å². The van der Waals surface area contributed by atoms with E-state index in [9.17, 15) is 18.8 Å². The summed E-state index contributed by atoms with van der Waals surface area (Å²) in [5.74, 6) is -0.0874. The molecule has 0 heterocycles. The van der Waals surface area contributed by atoms with Crippen LogP contribution in [-0.2, 0) is 22.6 Å². The van der Waals surface area contributed by atoms with Crippen LogP contribution in [0.5, 0.6) is 0 Å². The van der Waals surface area contributed by atoms with Gasteiger partial charge in [-0.1, -0.05) is 47.9 Å². The molecule has 3 aromatic carbocycles. The maximum atomic E-state index is 13.3. The van der Waals surface area contributed by atoms with Crippen molar-refractivity contribution in [3.8, 4) is 12.3 Å². The second kappa shape index (κ2) is 13.0. The summed E-state index contributed by atoms with van der Waals surface area (Å²) >= 11 is 0. The summed E-state index contributed by atoms with van der Waals surface area (Å²) in [6.07, 6.45) is 5.81. The number of hydrogen-bond acceptors (Lipinski definition) is 4. The van der Waals surface area contributed by atoms with E-state index in [0.717, 1.165) is 11.1 Å². The van der Waals surface area contributed by atoms with Crippen LogP contribution in [0.1, 0.15) is 37.4 Å². The van der Waals surface area contributed by atoms with Crippen molar-refractivity contribution in [2.75, 3.05) is 6.61 Å². The number of aryl methyl sites for hydroxylation is 1. The van der Waals surface area contributed by atoms with E-state index in [1.165, 1.54) is 36.4 Å². The molecular weight excluding hydrogens is 475 g/mol. The third kappa shape index (κ3) is 8.30. The quantitative estimate of drug-likeness (QED) is 0.348. The van der Waals surface area contributed by atoms with Gasteiger partial charge in [-0.05, 0) is 54.4 Å². The van der Waals surface area contributed by atoms with E-state index >= 15 is 0 Å². The van der Waals surface area contributed by atoms with E-state index in [1.807, 2.05) is 31.2 Å². The molecule has 8 heteroatoms. The molecule has 0 saturated heterocycles. The number of amides is 2. The second-order valence-electron chi connectivity index (χ2n) is 8.47. The molecule has 0 aliphatic heterocycles. The number of carbonyl (C=O) groups excluding carboxylic acids is 2. The van der Waals surface area contributed by atoms with Gasteiger partial charge in [0.25, 0.3) is 5.91 Å². The molecule has 2 atom stereocenters.